The molecule has 0 radical (unpaired) electrons. The quantitative estimate of drug-likeness (QED) is 0.570. The Labute approximate surface area is 215 Å². The van der Waals surface area contributed by atoms with E-state index in [0.29, 0.717) is 37.4 Å². The Kier molecular flexibility index (Phi) is 7.04. The Morgan fingerprint density at radius 1 is 1.03 bits per heavy atom. The Morgan fingerprint density at radius 3 is 2.49 bits per heavy atom. The molecule has 0 unspecified atom stereocenters. The molecule has 2 amide bonds. The summed E-state index contributed by atoms with van der Waals surface area (Å²) in [4.78, 5) is 30.9. The Balaban J connectivity index is 1.51. The van der Waals surface area contributed by atoms with Crippen molar-refractivity contribution in [2.75, 3.05) is 13.2 Å². The van der Waals surface area contributed by atoms with Gasteiger partial charge in [-0.05, 0) is 61.6 Å². The molecule has 188 valence electrons. The molecule has 2 N–H and O–H groups in total. The van der Waals surface area contributed by atoms with Crippen LogP contribution in [0.4, 0.5) is 0 Å². The topological polar surface area (TPSA) is 113 Å². The molecule has 3 aromatic rings. The molecule has 1 fully saturated rings. The van der Waals surface area contributed by atoms with Gasteiger partial charge in [0.2, 0.25) is 5.91 Å². The summed E-state index contributed by atoms with van der Waals surface area (Å²) in [6.45, 7) is 0.941. The Morgan fingerprint density at radius 2 is 1.78 bits per heavy atom. The minimum absolute atomic E-state index is 0.232. The van der Waals surface area contributed by atoms with Crippen LogP contribution in [0.3, 0.4) is 0 Å². The van der Waals surface area contributed by atoms with Crippen LogP contribution in [-0.4, -0.2) is 41.6 Å². The maximum absolute atomic E-state index is 13.3. The van der Waals surface area contributed by atoms with Crippen molar-refractivity contribution in [3.05, 3.63) is 78.1 Å². The molecule has 3 heterocycles. The molecule has 6 rings (SSSR count). The van der Waals surface area contributed by atoms with Crippen molar-refractivity contribution in [2.24, 2.45) is 0 Å². The van der Waals surface area contributed by atoms with Crippen LogP contribution in [0.25, 0.3) is 11.1 Å². The van der Waals surface area contributed by atoms with E-state index in [0.717, 1.165) is 35.3 Å². The van der Waals surface area contributed by atoms with Gasteiger partial charge in [0.15, 0.2) is 0 Å². The normalized spacial score (nSPS) is 18.8. The summed E-state index contributed by atoms with van der Waals surface area (Å²) in [5, 5.41) is 15.2. The number of carbonyl (C=O) groups excluding carboxylic acids is 2. The van der Waals surface area contributed by atoms with E-state index in [1.54, 1.807) is 30.6 Å². The molecule has 1 aliphatic carbocycles. The zero-order chi connectivity index (χ0) is 25.7. The fourth-order valence-electron chi connectivity index (χ4n) is 4.32. The third-order valence-corrected chi connectivity index (χ3v) is 6.59. The molecule has 2 bridgehead atoms. The number of ether oxygens (including phenoxy) is 2. The van der Waals surface area contributed by atoms with Gasteiger partial charge in [-0.3, -0.25) is 14.6 Å². The Bertz CT molecular complexity index is 1330. The highest BCUT2D eigenvalue weighted by Crippen LogP contribution is 2.35. The molecule has 37 heavy (non-hydrogen) atoms. The van der Waals surface area contributed by atoms with Crippen molar-refractivity contribution in [1.82, 2.24) is 15.6 Å². The molecule has 1 saturated carbocycles. The number of fused-ring (bicyclic) bond motifs is 10. The van der Waals surface area contributed by atoms with Gasteiger partial charge in [-0.15, -0.1) is 0 Å². The number of para-hydroxylation sites is 1. The van der Waals surface area contributed by atoms with Gasteiger partial charge in [0.25, 0.3) is 5.91 Å². The number of pyridine rings is 1. The van der Waals surface area contributed by atoms with Gasteiger partial charge in [0.1, 0.15) is 23.1 Å². The number of carbonyl (C=O) groups is 2. The van der Waals surface area contributed by atoms with Gasteiger partial charge >= 0.3 is 0 Å². The lowest BCUT2D eigenvalue weighted by Crippen LogP contribution is -2.51. The standard InChI is InChI=1S/C29H28N4O4/c30-19-29(11-12-29)33-28(35)24-17-20-9-10-26(23(16-20)21-6-5-13-31-18-21)37-15-4-3-14-36-25-8-2-1-7-22(25)27(34)32-24/h1-2,5-10,13,16,18,24H,3-4,11-12,14-15,17H2,(H,32,34)(H,33,35)/t24-/m0/s1. The first-order chi connectivity index (χ1) is 18.1. The molecule has 2 aromatic carbocycles. The number of nitriles is 1. The van der Waals surface area contributed by atoms with Gasteiger partial charge in [-0.1, -0.05) is 24.3 Å². The number of nitrogens with zero attached hydrogens (tertiary/aromatic N) is 2. The maximum Gasteiger partial charge on any atom is 0.255 e. The largest absolute Gasteiger partial charge is 0.493 e. The van der Waals surface area contributed by atoms with E-state index >= 15 is 0 Å². The van der Waals surface area contributed by atoms with Crippen LogP contribution in [0.15, 0.2) is 67.0 Å². The predicted octanol–water partition coefficient (Wildman–Crippen LogP) is 3.81. The van der Waals surface area contributed by atoms with Gasteiger partial charge in [-0.2, -0.15) is 5.26 Å². The predicted molar refractivity (Wildman–Crippen MR) is 137 cm³/mol. The molecule has 8 nitrogen and oxygen atoms in total. The number of nitrogens with one attached hydrogen (secondary N) is 2. The van der Waals surface area contributed by atoms with E-state index in [-0.39, 0.29) is 6.42 Å². The van der Waals surface area contributed by atoms with E-state index in [9.17, 15) is 14.9 Å². The van der Waals surface area contributed by atoms with Crippen LogP contribution >= 0.6 is 0 Å². The van der Waals surface area contributed by atoms with Crippen LogP contribution in [0, 0.1) is 11.3 Å². The summed E-state index contributed by atoms with van der Waals surface area (Å²) in [6, 6.07) is 17.9. The second-order valence-corrected chi connectivity index (χ2v) is 9.39. The first-order valence-corrected chi connectivity index (χ1v) is 12.5. The third kappa shape index (κ3) is 5.72. The van der Waals surface area contributed by atoms with Crippen LogP contribution in [0.1, 0.15) is 41.6 Å². The van der Waals surface area contributed by atoms with Gasteiger partial charge in [0.05, 0.1) is 24.8 Å². The zero-order valence-electron chi connectivity index (χ0n) is 20.4. The van der Waals surface area contributed by atoms with E-state index in [1.807, 2.05) is 36.4 Å². The maximum atomic E-state index is 13.3. The van der Waals surface area contributed by atoms with E-state index in [1.165, 1.54) is 0 Å². The minimum atomic E-state index is -0.896. The number of benzene rings is 2. The highest BCUT2D eigenvalue weighted by molar-refractivity contribution is 6.00. The molecule has 0 saturated heterocycles. The van der Waals surface area contributed by atoms with Crippen LogP contribution in [0.5, 0.6) is 11.5 Å². The van der Waals surface area contributed by atoms with Crippen molar-refractivity contribution in [2.45, 2.75) is 43.7 Å². The smallest absolute Gasteiger partial charge is 0.255 e. The first kappa shape index (κ1) is 24.3. The fourth-order valence-corrected chi connectivity index (χ4v) is 4.32. The number of aromatic nitrogens is 1. The van der Waals surface area contributed by atoms with Crippen molar-refractivity contribution >= 4 is 11.8 Å². The molecule has 1 aromatic heterocycles. The average molecular weight is 497 g/mol. The SMILES string of the molecule is N#CC1(NC(=O)[C@@H]2Cc3ccc(c(-c4cccnc4)c3)OCCCCOc3ccccc3C(=O)N2)CC1. The number of hydrogen-bond donors (Lipinski definition) is 2. The number of hydrogen-bond acceptors (Lipinski definition) is 6. The molecule has 3 aliphatic rings. The molecular formula is C29H28N4O4. The van der Waals surface area contributed by atoms with Gasteiger partial charge in [-0.25, -0.2) is 0 Å². The summed E-state index contributed by atoms with van der Waals surface area (Å²) < 4.78 is 12.0. The fraction of sp³-hybridized carbons (Fsp3) is 0.310. The van der Waals surface area contributed by atoms with Crippen LogP contribution < -0.4 is 20.1 Å². The van der Waals surface area contributed by atoms with E-state index in [4.69, 9.17) is 9.47 Å². The minimum Gasteiger partial charge on any atom is -0.493 e. The van der Waals surface area contributed by atoms with Gasteiger partial charge < -0.3 is 20.1 Å². The van der Waals surface area contributed by atoms with Crippen LogP contribution in [0.2, 0.25) is 0 Å². The first-order valence-electron chi connectivity index (χ1n) is 12.5. The monoisotopic (exact) mass is 496 g/mol. The van der Waals surface area contributed by atoms with Crippen molar-refractivity contribution in [1.29, 1.82) is 5.26 Å². The lowest BCUT2D eigenvalue weighted by atomic mass is 9.98. The van der Waals surface area contributed by atoms with Gasteiger partial charge in [0, 0.05) is 29.9 Å². The highest BCUT2D eigenvalue weighted by Gasteiger charge is 2.45. The third-order valence-electron chi connectivity index (χ3n) is 6.59. The lowest BCUT2D eigenvalue weighted by Gasteiger charge is -2.22. The average Bonchev–Trinajstić information content (AvgIpc) is 3.70. The highest BCUT2D eigenvalue weighted by atomic mass is 16.5. The van der Waals surface area contributed by atoms with Crippen molar-refractivity contribution in [3.63, 3.8) is 0 Å². The molecule has 8 heteroatoms. The molecular weight excluding hydrogens is 468 g/mol. The second-order valence-electron chi connectivity index (χ2n) is 9.39. The summed E-state index contributed by atoms with van der Waals surface area (Å²) in [5.41, 5.74) is 2.10. The number of rotatable bonds is 3. The van der Waals surface area contributed by atoms with E-state index in [2.05, 4.69) is 21.7 Å². The van der Waals surface area contributed by atoms with Crippen LogP contribution in [-0.2, 0) is 11.2 Å². The molecule has 0 spiro atoms. The zero-order valence-corrected chi connectivity index (χ0v) is 20.4. The second kappa shape index (κ2) is 10.7. The van der Waals surface area contributed by atoms with Crippen molar-refractivity contribution in [3.8, 4) is 28.7 Å². The Hall–Kier alpha value is -4.38. The van der Waals surface area contributed by atoms with Crippen molar-refractivity contribution < 1.29 is 19.1 Å². The summed E-state index contributed by atoms with van der Waals surface area (Å²) >= 11 is 0. The molecule has 2 aliphatic heterocycles. The summed E-state index contributed by atoms with van der Waals surface area (Å²) in [6.07, 6.45) is 6.44. The summed E-state index contributed by atoms with van der Waals surface area (Å²) in [5.74, 6) is 0.388. The summed E-state index contributed by atoms with van der Waals surface area (Å²) in [7, 11) is 0. The lowest BCUT2D eigenvalue weighted by molar-refractivity contribution is -0.123. The number of amides is 2. The molecule has 1 atom stereocenters. The van der Waals surface area contributed by atoms with E-state index < -0.39 is 23.4 Å².